The lowest BCUT2D eigenvalue weighted by molar-refractivity contribution is -0.144. The number of hydrogen-bond acceptors (Lipinski definition) is 3. The lowest BCUT2D eigenvalue weighted by Gasteiger charge is -2.34. The predicted molar refractivity (Wildman–Crippen MR) is 77.8 cm³/mol. The fourth-order valence-electron chi connectivity index (χ4n) is 2.94. The molecule has 0 spiro atoms. The Balaban J connectivity index is 2.03. The van der Waals surface area contributed by atoms with E-state index in [4.69, 9.17) is 4.74 Å². The Morgan fingerprint density at radius 1 is 1.48 bits per heavy atom. The van der Waals surface area contributed by atoms with Crippen molar-refractivity contribution in [2.75, 3.05) is 19.7 Å². The van der Waals surface area contributed by atoms with Crippen molar-refractivity contribution < 1.29 is 19.0 Å². The molecule has 0 amide bonds. The Morgan fingerprint density at radius 2 is 2.24 bits per heavy atom. The Morgan fingerprint density at radius 3 is 2.86 bits per heavy atom. The number of carboxylic acid groups (broad SMARTS) is 1. The quantitative estimate of drug-likeness (QED) is 0.907. The van der Waals surface area contributed by atoms with E-state index in [-0.39, 0.29) is 17.5 Å². The van der Waals surface area contributed by atoms with E-state index in [9.17, 15) is 14.3 Å². The number of carbonyl (C=O) groups is 1. The third-order valence-electron chi connectivity index (χ3n) is 3.79. The molecule has 1 saturated heterocycles. The van der Waals surface area contributed by atoms with Crippen LogP contribution in [-0.2, 0) is 11.3 Å². The van der Waals surface area contributed by atoms with Gasteiger partial charge in [-0.2, -0.15) is 0 Å². The van der Waals surface area contributed by atoms with E-state index in [0.717, 1.165) is 12.1 Å². The molecule has 0 saturated carbocycles. The molecule has 5 heteroatoms. The van der Waals surface area contributed by atoms with Gasteiger partial charge < -0.3 is 9.84 Å². The molecule has 2 rings (SSSR count). The normalized spacial score (nSPS) is 23.0. The summed E-state index contributed by atoms with van der Waals surface area (Å²) in [5.74, 6) is -0.844. The first-order chi connectivity index (χ1) is 9.99. The molecule has 1 aliphatic heterocycles. The molecule has 1 aromatic rings. The molecule has 2 atom stereocenters. The Kier molecular flexibility index (Phi) is 5.17. The third-order valence-corrected chi connectivity index (χ3v) is 3.79. The van der Waals surface area contributed by atoms with E-state index in [2.05, 4.69) is 11.8 Å². The summed E-state index contributed by atoms with van der Waals surface area (Å²) in [6, 6.07) is 4.94. The second-order valence-corrected chi connectivity index (χ2v) is 5.77. The molecule has 0 aliphatic carbocycles. The molecule has 1 fully saturated rings. The molecule has 116 valence electrons. The summed E-state index contributed by atoms with van der Waals surface area (Å²) < 4.78 is 19.0. The van der Waals surface area contributed by atoms with Crippen LogP contribution in [-0.4, -0.2) is 35.7 Å². The molecule has 0 radical (unpaired) electrons. The second kappa shape index (κ2) is 6.89. The molecule has 0 bridgehead atoms. The monoisotopic (exact) mass is 295 g/mol. The van der Waals surface area contributed by atoms with Crippen LogP contribution in [0.2, 0.25) is 0 Å². The average Bonchev–Trinajstić information content (AvgIpc) is 2.41. The van der Waals surface area contributed by atoms with E-state index < -0.39 is 5.97 Å². The smallest absolute Gasteiger partial charge is 0.307 e. The maximum absolute atomic E-state index is 13.8. The van der Waals surface area contributed by atoms with Crippen molar-refractivity contribution in [3.8, 4) is 5.75 Å². The van der Waals surface area contributed by atoms with Crippen molar-refractivity contribution in [1.82, 2.24) is 4.90 Å². The summed E-state index contributed by atoms with van der Waals surface area (Å²) in [6.45, 7) is 6.24. The summed E-state index contributed by atoms with van der Waals surface area (Å²) >= 11 is 0. The van der Waals surface area contributed by atoms with Gasteiger partial charge in [0.05, 0.1) is 12.5 Å². The van der Waals surface area contributed by atoms with Crippen LogP contribution in [0.25, 0.3) is 0 Å². The summed E-state index contributed by atoms with van der Waals surface area (Å²) in [5, 5.41) is 9.18. The number of aliphatic carboxylic acids is 1. The van der Waals surface area contributed by atoms with Crippen molar-refractivity contribution in [1.29, 1.82) is 0 Å². The molecule has 4 nitrogen and oxygen atoms in total. The highest BCUT2D eigenvalue weighted by atomic mass is 19.1. The number of rotatable bonds is 5. The van der Waals surface area contributed by atoms with Crippen LogP contribution in [0.5, 0.6) is 5.75 Å². The minimum atomic E-state index is -0.746. The van der Waals surface area contributed by atoms with Gasteiger partial charge in [-0.25, -0.2) is 4.39 Å². The minimum Gasteiger partial charge on any atom is -0.491 e. The lowest BCUT2D eigenvalue weighted by atomic mass is 9.90. The number of hydrogen-bond donors (Lipinski definition) is 1. The van der Waals surface area contributed by atoms with Crippen LogP contribution in [0.3, 0.4) is 0 Å². The molecule has 1 aromatic carbocycles. The number of likely N-dealkylation sites (tertiary alicyclic amines) is 1. The van der Waals surface area contributed by atoms with Crippen molar-refractivity contribution in [2.45, 2.75) is 26.8 Å². The van der Waals surface area contributed by atoms with Gasteiger partial charge in [-0.1, -0.05) is 13.0 Å². The van der Waals surface area contributed by atoms with Crippen molar-refractivity contribution in [3.63, 3.8) is 0 Å². The van der Waals surface area contributed by atoms with Gasteiger partial charge in [0.2, 0.25) is 0 Å². The summed E-state index contributed by atoms with van der Waals surface area (Å²) in [7, 11) is 0. The molecule has 21 heavy (non-hydrogen) atoms. The van der Waals surface area contributed by atoms with E-state index >= 15 is 0 Å². The number of halogens is 1. The number of piperidine rings is 1. The van der Waals surface area contributed by atoms with Gasteiger partial charge in [0, 0.05) is 19.6 Å². The first kappa shape index (κ1) is 15.8. The molecular formula is C16H22FNO3. The van der Waals surface area contributed by atoms with E-state index in [1.165, 1.54) is 6.07 Å². The number of benzene rings is 1. The zero-order valence-electron chi connectivity index (χ0n) is 12.5. The largest absolute Gasteiger partial charge is 0.491 e. The third kappa shape index (κ3) is 4.17. The first-order valence-electron chi connectivity index (χ1n) is 7.36. The SMILES string of the molecule is CCOc1ccc(CN2CC(C)CC(C(=O)O)C2)cc1F. The molecule has 1 heterocycles. The summed E-state index contributed by atoms with van der Waals surface area (Å²) in [5.41, 5.74) is 0.842. The van der Waals surface area contributed by atoms with Gasteiger partial charge in [0.15, 0.2) is 11.6 Å². The van der Waals surface area contributed by atoms with Crippen molar-refractivity contribution in [2.24, 2.45) is 11.8 Å². The van der Waals surface area contributed by atoms with Crippen LogP contribution in [0.1, 0.15) is 25.8 Å². The Labute approximate surface area is 124 Å². The maximum Gasteiger partial charge on any atom is 0.307 e. The maximum atomic E-state index is 13.8. The van der Waals surface area contributed by atoms with Crippen LogP contribution in [0.4, 0.5) is 4.39 Å². The molecule has 1 N–H and O–H groups in total. The molecule has 0 aromatic heterocycles. The molecule has 2 unspecified atom stereocenters. The van der Waals surface area contributed by atoms with Crippen LogP contribution in [0, 0.1) is 17.7 Å². The standard InChI is InChI=1S/C16H22FNO3/c1-3-21-15-5-4-12(7-14(15)17)9-18-8-11(2)6-13(10-18)16(19)20/h4-5,7,11,13H,3,6,8-10H2,1-2H3,(H,19,20). The van der Waals surface area contributed by atoms with Gasteiger partial charge >= 0.3 is 5.97 Å². The zero-order valence-corrected chi connectivity index (χ0v) is 12.5. The van der Waals surface area contributed by atoms with E-state index in [0.29, 0.717) is 32.0 Å². The number of ether oxygens (including phenoxy) is 1. The molecular weight excluding hydrogens is 273 g/mol. The lowest BCUT2D eigenvalue weighted by Crippen LogP contribution is -2.41. The zero-order chi connectivity index (χ0) is 15.4. The van der Waals surface area contributed by atoms with Crippen molar-refractivity contribution in [3.05, 3.63) is 29.6 Å². The topological polar surface area (TPSA) is 49.8 Å². The second-order valence-electron chi connectivity index (χ2n) is 5.77. The van der Waals surface area contributed by atoms with E-state index in [1.807, 2.05) is 13.0 Å². The Bertz CT molecular complexity index is 506. The number of nitrogens with zero attached hydrogens (tertiary/aromatic N) is 1. The predicted octanol–water partition coefficient (Wildman–Crippen LogP) is 2.77. The van der Waals surface area contributed by atoms with Gasteiger partial charge in [-0.15, -0.1) is 0 Å². The minimum absolute atomic E-state index is 0.261. The van der Waals surface area contributed by atoms with Gasteiger partial charge in [-0.05, 0) is 37.0 Å². The first-order valence-corrected chi connectivity index (χ1v) is 7.36. The van der Waals surface area contributed by atoms with Crippen LogP contribution in [0.15, 0.2) is 18.2 Å². The highest BCUT2D eigenvalue weighted by molar-refractivity contribution is 5.70. The van der Waals surface area contributed by atoms with E-state index in [1.54, 1.807) is 6.07 Å². The Hall–Kier alpha value is -1.62. The van der Waals surface area contributed by atoms with Gasteiger partial charge in [0.1, 0.15) is 0 Å². The fraction of sp³-hybridized carbons (Fsp3) is 0.562. The number of carboxylic acids is 1. The highest BCUT2D eigenvalue weighted by Gasteiger charge is 2.29. The van der Waals surface area contributed by atoms with Gasteiger partial charge in [0.25, 0.3) is 0 Å². The molecule has 1 aliphatic rings. The average molecular weight is 295 g/mol. The van der Waals surface area contributed by atoms with Crippen molar-refractivity contribution >= 4 is 5.97 Å². The van der Waals surface area contributed by atoms with Crippen LogP contribution < -0.4 is 4.74 Å². The highest BCUT2D eigenvalue weighted by Crippen LogP contribution is 2.25. The summed E-state index contributed by atoms with van der Waals surface area (Å²) in [6.07, 6.45) is 0.712. The van der Waals surface area contributed by atoms with Gasteiger partial charge in [-0.3, -0.25) is 9.69 Å². The summed E-state index contributed by atoms with van der Waals surface area (Å²) in [4.78, 5) is 13.3. The fourth-order valence-corrected chi connectivity index (χ4v) is 2.94. The van der Waals surface area contributed by atoms with Crippen LogP contribution >= 0.6 is 0 Å².